The molecule has 2 aliphatic heterocycles. The van der Waals surface area contributed by atoms with E-state index in [0.29, 0.717) is 19.4 Å². The second kappa shape index (κ2) is 9.14. The lowest BCUT2D eigenvalue weighted by atomic mass is 10.1. The predicted octanol–water partition coefficient (Wildman–Crippen LogP) is -1.77. The van der Waals surface area contributed by atoms with Crippen molar-refractivity contribution in [2.45, 2.75) is 63.2 Å². The highest BCUT2D eigenvalue weighted by atomic mass is 16.4. The molecule has 2 fully saturated rings. The summed E-state index contributed by atoms with van der Waals surface area (Å²) < 4.78 is 0. The predicted molar refractivity (Wildman–Crippen MR) is 96.4 cm³/mol. The zero-order valence-corrected chi connectivity index (χ0v) is 15.6. The Bertz CT molecular complexity index is 598. The van der Waals surface area contributed by atoms with Crippen molar-refractivity contribution in [2.75, 3.05) is 19.6 Å². The van der Waals surface area contributed by atoms with Gasteiger partial charge in [0.2, 0.25) is 17.7 Å². The van der Waals surface area contributed by atoms with Gasteiger partial charge >= 0.3 is 5.97 Å². The third-order valence-electron chi connectivity index (χ3n) is 5.35. The normalized spacial score (nSPS) is 27.4. The highest BCUT2D eigenvalue weighted by Gasteiger charge is 2.44. The molecule has 2 saturated heterocycles. The largest absolute Gasteiger partial charge is 0.480 e. The summed E-state index contributed by atoms with van der Waals surface area (Å²) in [6.07, 6.45) is 1.65. The van der Waals surface area contributed by atoms with Crippen molar-refractivity contribution in [3.05, 3.63) is 0 Å². The van der Waals surface area contributed by atoms with E-state index in [4.69, 9.17) is 11.5 Å². The van der Waals surface area contributed by atoms with Gasteiger partial charge < -0.3 is 31.7 Å². The number of hydrogen-bond acceptors (Lipinski definition) is 6. The molecule has 152 valence electrons. The molecule has 10 heteroatoms. The van der Waals surface area contributed by atoms with E-state index in [0.717, 1.165) is 19.5 Å². The van der Waals surface area contributed by atoms with Gasteiger partial charge in [0.25, 0.3) is 0 Å². The monoisotopic (exact) mass is 383 g/mol. The van der Waals surface area contributed by atoms with Crippen molar-refractivity contribution in [1.29, 1.82) is 0 Å². The minimum absolute atomic E-state index is 0.0810. The second-order valence-electron chi connectivity index (χ2n) is 7.19. The van der Waals surface area contributed by atoms with Crippen LogP contribution in [0.5, 0.6) is 0 Å². The minimum Gasteiger partial charge on any atom is -0.480 e. The molecule has 2 aliphatic rings. The fourth-order valence-corrected chi connectivity index (χ4v) is 3.83. The van der Waals surface area contributed by atoms with Crippen LogP contribution in [0.1, 0.15) is 39.0 Å². The summed E-state index contributed by atoms with van der Waals surface area (Å²) >= 11 is 0. The minimum atomic E-state index is -1.24. The van der Waals surface area contributed by atoms with Crippen LogP contribution in [0.25, 0.3) is 0 Å². The van der Waals surface area contributed by atoms with Gasteiger partial charge in [0, 0.05) is 25.6 Å². The molecule has 0 aromatic rings. The third-order valence-corrected chi connectivity index (χ3v) is 5.35. The van der Waals surface area contributed by atoms with Crippen LogP contribution in [0.3, 0.4) is 0 Å². The Hall–Kier alpha value is -2.20. The molecule has 10 nitrogen and oxygen atoms in total. The number of likely N-dealkylation sites (N-methyl/N-ethyl adjacent to an activating group) is 1. The molecule has 0 radical (unpaired) electrons. The van der Waals surface area contributed by atoms with E-state index in [-0.39, 0.29) is 24.8 Å². The Balaban J connectivity index is 2.09. The van der Waals surface area contributed by atoms with Gasteiger partial charge in [0.1, 0.15) is 12.1 Å². The van der Waals surface area contributed by atoms with Crippen molar-refractivity contribution in [3.8, 4) is 0 Å². The number of carbonyl (C=O) groups is 4. The van der Waals surface area contributed by atoms with Crippen molar-refractivity contribution < 1.29 is 24.3 Å². The molecule has 0 aliphatic carbocycles. The first kappa shape index (κ1) is 21.1. The summed E-state index contributed by atoms with van der Waals surface area (Å²) in [4.78, 5) is 51.4. The number of carboxylic acid groups (broad SMARTS) is 1. The molecule has 0 saturated carbocycles. The van der Waals surface area contributed by atoms with Gasteiger partial charge in [-0.05, 0) is 32.2 Å². The number of aliphatic carboxylic acids is 1. The Labute approximate surface area is 158 Å². The first-order valence-electron chi connectivity index (χ1n) is 9.36. The van der Waals surface area contributed by atoms with E-state index in [2.05, 4.69) is 10.2 Å². The smallest absolute Gasteiger partial charge is 0.326 e. The van der Waals surface area contributed by atoms with Gasteiger partial charge in [-0.2, -0.15) is 0 Å². The van der Waals surface area contributed by atoms with Gasteiger partial charge in [-0.1, -0.05) is 6.92 Å². The lowest BCUT2D eigenvalue weighted by molar-refractivity contribution is -0.145. The maximum absolute atomic E-state index is 12.8. The lowest BCUT2D eigenvalue weighted by Crippen LogP contribution is -2.59. The zero-order chi connectivity index (χ0) is 20.1. The number of primary amides is 1. The molecule has 4 atom stereocenters. The van der Waals surface area contributed by atoms with E-state index in [9.17, 15) is 24.3 Å². The molecule has 3 amide bonds. The van der Waals surface area contributed by atoms with Gasteiger partial charge in [0.15, 0.2) is 0 Å². The van der Waals surface area contributed by atoms with Crippen LogP contribution >= 0.6 is 0 Å². The Morgan fingerprint density at radius 1 is 1.30 bits per heavy atom. The van der Waals surface area contributed by atoms with Crippen molar-refractivity contribution in [2.24, 2.45) is 11.5 Å². The van der Waals surface area contributed by atoms with Crippen LogP contribution in [0, 0.1) is 0 Å². The molecule has 2 heterocycles. The molecule has 27 heavy (non-hydrogen) atoms. The number of nitrogens with two attached hydrogens (primary N) is 2. The number of fused-ring (bicyclic) bond motifs is 1. The maximum Gasteiger partial charge on any atom is 0.326 e. The summed E-state index contributed by atoms with van der Waals surface area (Å²) in [5.41, 5.74) is 11.1. The first-order valence-corrected chi connectivity index (χ1v) is 9.36. The van der Waals surface area contributed by atoms with Gasteiger partial charge in [-0.25, -0.2) is 4.79 Å². The number of rotatable bonds is 7. The summed E-state index contributed by atoms with van der Waals surface area (Å²) in [6, 6.07) is -2.76. The molecule has 0 spiro atoms. The van der Waals surface area contributed by atoms with E-state index in [1.807, 2.05) is 6.92 Å². The first-order chi connectivity index (χ1) is 12.7. The lowest BCUT2D eigenvalue weighted by Gasteiger charge is -2.37. The Morgan fingerprint density at radius 2 is 2.00 bits per heavy atom. The average Bonchev–Trinajstić information content (AvgIpc) is 3.03. The highest BCUT2D eigenvalue weighted by Crippen LogP contribution is 2.29. The standard InChI is InChI=1S/C17H29N5O5/c1-2-21-8-7-10-3-5-13(22(10)16(25)11(18)9-21)15(24)20-12(17(26)27)4-6-14(19)23/h10-13H,2-9,18H2,1H3,(H2,19,23)(H,20,24)(H,26,27)/t10-,11+,12?,13+/m1/s1. The maximum atomic E-state index is 12.8. The van der Waals surface area contributed by atoms with Crippen molar-refractivity contribution in [3.63, 3.8) is 0 Å². The number of carboxylic acids is 1. The summed E-state index contributed by atoms with van der Waals surface area (Å²) in [7, 11) is 0. The van der Waals surface area contributed by atoms with Crippen LogP contribution in [-0.4, -0.2) is 82.4 Å². The molecule has 0 aromatic heterocycles. The van der Waals surface area contributed by atoms with Gasteiger partial charge in [-0.15, -0.1) is 0 Å². The number of hydrogen-bond donors (Lipinski definition) is 4. The van der Waals surface area contributed by atoms with E-state index < -0.39 is 35.9 Å². The molecular formula is C17H29N5O5. The molecule has 1 unspecified atom stereocenters. The number of carbonyl (C=O) groups excluding carboxylic acids is 3. The topological polar surface area (TPSA) is 159 Å². The van der Waals surface area contributed by atoms with Gasteiger partial charge in [-0.3, -0.25) is 14.4 Å². The molecule has 0 aromatic carbocycles. The molecule has 2 rings (SSSR count). The van der Waals surface area contributed by atoms with E-state index in [1.165, 1.54) is 0 Å². The van der Waals surface area contributed by atoms with Gasteiger partial charge in [0.05, 0.1) is 6.04 Å². The highest BCUT2D eigenvalue weighted by molar-refractivity contribution is 5.92. The second-order valence-corrected chi connectivity index (χ2v) is 7.19. The zero-order valence-electron chi connectivity index (χ0n) is 15.6. The van der Waals surface area contributed by atoms with Crippen molar-refractivity contribution in [1.82, 2.24) is 15.1 Å². The Kier molecular flexibility index (Phi) is 7.14. The van der Waals surface area contributed by atoms with Crippen LogP contribution in [0.15, 0.2) is 0 Å². The number of nitrogens with one attached hydrogen (secondary N) is 1. The number of amides is 3. The quantitative estimate of drug-likeness (QED) is 0.405. The third kappa shape index (κ3) is 5.16. The Morgan fingerprint density at radius 3 is 2.59 bits per heavy atom. The summed E-state index contributed by atoms with van der Waals surface area (Å²) in [5, 5.41) is 11.7. The van der Waals surface area contributed by atoms with Crippen LogP contribution in [0.2, 0.25) is 0 Å². The fraction of sp³-hybridized carbons (Fsp3) is 0.765. The summed E-state index contributed by atoms with van der Waals surface area (Å²) in [6.45, 7) is 4.05. The fourth-order valence-electron chi connectivity index (χ4n) is 3.83. The van der Waals surface area contributed by atoms with E-state index >= 15 is 0 Å². The molecule has 6 N–H and O–H groups in total. The average molecular weight is 383 g/mol. The SMILES string of the molecule is CCN1CC[C@H]2CC[C@@H](C(=O)NC(CCC(N)=O)C(=O)O)N2C(=O)[C@@H](N)C1. The van der Waals surface area contributed by atoms with Crippen LogP contribution in [-0.2, 0) is 19.2 Å². The van der Waals surface area contributed by atoms with Crippen LogP contribution in [0.4, 0.5) is 0 Å². The van der Waals surface area contributed by atoms with Crippen molar-refractivity contribution >= 4 is 23.7 Å². The molecule has 0 bridgehead atoms. The number of nitrogens with zero attached hydrogens (tertiary/aromatic N) is 2. The van der Waals surface area contributed by atoms with E-state index in [1.54, 1.807) is 4.90 Å². The van der Waals surface area contributed by atoms with Crippen LogP contribution < -0.4 is 16.8 Å². The molecular weight excluding hydrogens is 354 g/mol. The summed E-state index contributed by atoms with van der Waals surface area (Å²) in [5.74, 6) is -2.68.